The second kappa shape index (κ2) is 28.0. The van der Waals surface area contributed by atoms with Crippen molar-refractivity contribution in [1.29, 1.82) is 0 Å². The Morgan fingerprint density at radius 3 is 2.08 bits per heavy atom. The fourth-order valence-electron chi connectivity index (χ4n) is 2.56. The highest BCUT2D eigenvalue weighted by molar-refractivity contribution is 5.88. The lowest BCUT2D eigenvalue weighted by Crippen LogP contribution is -2.24. The largest absolute Gasteiger partial charge is 0.381 e. The van der Waals surface area contributed by atoms with Crippen LogP contribution >= 0.6 is 0 Å². The summed E-state index contributed by atoms with van der Waals surface area (Å²) in [5, 5.41) is 9.48. The summed E-state index contributed by atoms with van der Waals surface area (Å²) in [4.78, 5) is 13.1. The van der Waals surface area contributed by atoms with Gasteiger partial charge in [-0.25, -0.2) is 4.39 Å². The standard InChI is InChI=1S/C15H21FN2O.C9H13N.C3H9N.2C2H6/c1-3-17-10-13(9-12(2)19)11-18-15-6-4-5-14(16)7-8-15;1-8-3-5-9(6-4-8)7-10-2;1-4(2)3;2*1-2/h4-9,14,17-18H,3,10-11H2,1-2H3;3-6,10H,7H2,1-2H3;1-3H3;2*1-2H3/b13-9+;;;;. The highest BCUT2D eigenvalue weighted by Crippen LogP contribution is 2.06. The molecule has 0 heterocycles. The van der Waals surface area contributed by atoms with Gasteiger partial charge in [-0.15, -0.1) is 0 Å². The molecule has 0 saturated heterocycles. The van der Waals surface area contributed by atoms with Crippen molar-refractivity contribution in [2.24, 2.45) is 0 Å². The van der Waals surface area contributed by atoms with Gasteiger partial charge in [0.2, 0.25) is 0 Å². The number of carbonyl (C=O) groups excluding carboxylic acids is 1. The topological polar surface area (TPSA) is 56.4 Å². The number of rotatable bonds is 9. The number of alkyl halides is 1. The Morgan fingerprint density at radius 2 is 1.59 bits per heavy atom. The van der Waals surface area contributed by atoms with Crippen LogP contribution in [0.2, 0.25) is 0 Å². The van der Waals surface area contributed by atoms with Crippen molar-refractivity contribution >= 4 is 5.78 Å². The molecule has 0 radical (unpaired) electrons. The van der Waals surface area contributed by atoms with Gasteiger partial charge in [0.15, 0.2) is 5.78 Å². The number of halogens is 1. The number of hydrogen-bond donors (Lipinski definition) is 3. The average Bonchev–Trinajstić information content (AvgIpc) is 3.08. The van der Waals surface area contributed by atoms with E-state index in [-0.39, 0.29) is 5.78 Å². The van der Waals surface area contributed by atoms with Gasteiger partial charge in [0, 0.05) is 25.3 Å². The van der Waals surface area contributed by atoms with Crippen LogP contribution in [-0.4, -0.2) is 64.7 Å². The molecule has 0 fully saturated rings. The predicted octanol–water partition coefficient (Wildman–Crippen LogP) is 5.99. The van der Waals surface area contributed by atoms with E-state index in [4.69, 9.17) is 0 Å². The first-order valence-electron chi connectivity index (χ1n) is 13.3. The first-order chi connectivity index (χ1) is 17.7. The SMILES string of the molecule is CC.CC.CCNC/C(=C\C(C)=O)CNC1=CC=CC(F)C=C1.CN(C)C.CNCc1ccc(C)cc1. The number of nitrogens with one attached hydrogen (secondary N) is 3. The van der Waals surface area contributed by atoms with Gasteiger partial charge in [-0.05, 0) is 90.1 Å². The summed E-state index contributed by atoms with van der Waals surface area (Å²) in [6, 6.07) is 8.55. The van der Waals surface area contributed by atoms with E-state index in [0.717, 1.165) is 24.4 Å². The van der Waals surface area contributed by atoms with Crippen molar-refractivity contribution < 1.29 is 9.18 Å². The molecular weight excluding hydrogens is 463 g/mol. The van der Waals surface area contributed by atoms with Gasteiger partial charge in [-0.1, -0.05) is 70.5 Å². The zero-order valence-electron chi connectivity index (χ0n) is 25.4. The summed E-state index contributed by atoms with van der Waals surface area (Å²) in [5.41, 5.74) is 4.48. The van der Waals surface area contributed by atoms with Crippen LogP contribution in [0.5, 0.6) is 0 Å². The van der Waals surface area contributed by atoms with E-state index in [0.29, 0.717) is 13.1 Å². The second-order valence-electron chi connectivity index (χ2n) is 8.22. The van der Waals surface area contributed by atoms with E-state index < -0.39 is 6.17 Å². The molecule has 3 N–H and O–H groups in total. The quantitative estimate of drug-likeness (QED) is 0.351. The molecule has 1 atom stereocenters. The average molecular weight is 519 g/mol. The molecule has 1 aliphatic rings. The number of hydrogen-bond acceptors (Lipinski definition) is 5. The number of allylic oxidation sites excluding steroid dienone is 6. The van der Waals surface area contributed by atoms with Gasteiger partial charge in [0.05, 0.1) is 0 Å². The lowest BCUT2D eigenvalue weighted by Gasteiger charge is -2.11. The molecule has 1 aliphatic carbocycles. The van der Waals surface area contributed by atoms with Crippen molar-refractivity contribution in [1.82, 2.24) is 20.9 Å². The zero-order chi connectivity index (χ0) is 29.1. The Balaban J connectivity index is -0.000000535. The van der Waals surface area contributed by atoms with Crippen molar-refractivity contribution in [3.63, 3.8) is 0 Å². The first kappa shape index (κ1) is 39.0. The van der Waals surface area contributed by atoms with Crippen LogP contribution in [0.4, 0.5) is 4.39 Å². The fraction of sp³-hybridized carbons (Fsp3) is 0.516. The van der Waals surface area contributed by atoms with Gasteiger partial charge in [-0.3, -0.25) is 4.79 Å². The summed E-state index contributed by atoms with van der Waals surface area (Å²) in [5.74, 6) is 0.0313. The van der Waals surface area contributed by atoms with E-state index in [2.05, 4.69) is 47.1 Å². The zero-order valence-corrected chi connectivity index (χ0v) is 25.4. The van der Waals surface area contributed by atoms with Crippen LogP contribution in [-0.2, 0) is 11.3 Å². The Bertz CT molecular complexity index is 778. The van der Waals surface area contributed by atoms with Crippen molar-refractivity contribution in [2.75, 3.05) is 47.8 Å². The molecule has 0 amide bonds. The smallest absolute Gasteiger partial charge is 0.152 e. The fourth-order valence-corrected chi connectivity index (χ4v) is 2.56. The van der Waals surface area contributed by atoms with Gasteiger partial charge >= 0.3 is 0 Å². The molecule has 1 aromatic carbocycles. The second-order valence-corrected chi connectivity index (χ2v) is 8.22. The third kappa shape index (κ3) is 27.9. The number of aryl methyl sites for hydroxylation is 1. The Morgan fingerprint density at radius 1 is 1.03 bits per heavy atom. The molecule has 0 saturated carbocycles. The third-order valence-electron chi connectivity index (χ3n) is 4.06. The molecule has 2 rings (SSSR count). The first-order valence-corrected chi connectivity index (χ1v) is 13.3. The van der Waals surface area contributed by atoms with E-state index in [1.807, 2.05) is 73.8 Å². The Kier molecular flexibility index (Phi) is 29.5. The number of benzene rings is 1. The van der Waals surface area contributed by atoms with Gasteiger partial charge in [0.1, 0.15) is 6.17 Å². The molecule has 1 unspecified atom stereocenters. The molecule has 0 spiro atoms. The number of carbonyl (C=O) groups is 1. The van der Waals surface area contributed by atoms with Crippen LogP contribution in [0, 0.1) is 6.92 Å². The van der Waals surface area contributed by atoms with Crippen LogP contribution in [0.15, 0.2) is 72.0 Å². The summed E-state index contributed by atoms with van der Waals surface area (Å²) in [7, 11) is 7.96. The predicted molar refractivity (Wildman–Crippen MR) is 163 cm³/mol. The number of ketones is 1. The maximum atomic E-state index is 13.1. The minimum atomic E-state index is -1.04. The Hall–Kier alpha value is -2.54. The van der Waals surface area contributed by atoms with Crippen LogP contribution in [0.1, 0.15) is 52.7 Å². The van der Waals surface area contributed by atoms with E-state index in [9.17, 15) is 9.18 Å². The molecule has 212 valence electrons. The number of likely N-dealkylation sites (N-methyl/N-ethyl adjacent to an activating group) is 1. The highest BCUT2D eigenvalue weighted by Gasteiger charge is 2.02. The van der Waals surface area contributed by atoms with E-state index in [1.165, 1.54) is 30.2 Å². The monoisotopic (exact) mass is 518 g/mol. The number of nitrogens with zero attached hydrogens (tertiary/aromatic N) is 1. The molecule has 6 heteroatoms. The highest BCUT2D eigenvalue weighted by atomic mass is 19.1. The lowest BCUT2D eigenvalue weighted by molar-refractivity contribution is -0.112. The summed E-state index contributed by atoms with van der Waals surface area (Å²) in [6.07, 6.45) is 8.77. The maximum absolute atomic E-state index is 13.1. The molecule has 0 bridgehead atoms. The van der Waals surface area contributed by atoms with Gasteiger partial charge in [-0.2, -0.15) is 0 Å². The van der Waals surface area contributed by atoms with E-state index >= 15 is 0 Å². The van der Waals surface area contributed by atoms with Crippen LogP contribution in [0.25, 0.3) is 0 Å². The lowest BCUT2D eigenvalue weighted by atomic mass is 10.1. The summed E-state index contributed by atoms with van der Waals surface area (Å²) in [6.45, 7) is 16.7. The van der Waals surface area contributed by atoms with Crippen molar-refractivity contribution in [3.8, 4) is 0 Å². The Labute approximate surface area is 228 Å². The van der Waals surface area contributed by atoms with Crippen molar-refractivity contribution in [3.05, 3.63) is 83.1 Å². The van der Waals surface area contributed by atoms with Gasteiger partial charge in [0.25, 0.3) is 0 Å². The van der Waals surface area contributed by atoms with Crippen LogP contribution < -0.4 is 16.0 Å². The van der Waals surface area contributed by atoms with Crippen LogP contribution in [0.3, 0.4) is 0 Å². The molecule has 5 nitrogen and oxygen atoms in total. The van der Waals surface area contributed by atoms with E-state index in [1.54, 1.807) is 18.2 Å². The molecule has 1 aromatic rings. The maximum Gasteiger partial charge on any atom is 0.152 e. The molecule has 0 aromatic heterocycles. The normalized spacial score (nSPS) is 13.7. The minimum absolute atomic E-state index is 0.0313. The molecular formula is C31H55FN4O. The molecule has 37 heavy (non-hydrogen) atoms. The summed E-state index contributed by atoms with van der Waals surface area (Å²) >= 11 is 0. The minimum Gasteiger partial charge on any atom is -0.381 e. The van der Waals surface area contributed by atoms with Crippen molar-refractivity contribution in [2.45, 2.75) is 61.2 Å². The third-order valence-corrected chi connectivity index (χ3v) is 4.06. The molecule has 0 aliphatic heterocycles. The van der Waals surface area contributed by atoms with Gasteiger partial charge < -0.3 is 20.9 Å². The summed E-state index contributed by atoms with van der Waals surface area (Å²) < 4.78 is 13.1.